The Hall–Kier alpha value is -1.74. The van der Waals surface area contributed by atoms with E-state index in [-0.39, 0.29) is 19.0 Å². The highest BCUT2D eigenvalue weighted by atomic mass is 16.6. The summed E-state index contributed by atoms with van der Waals surface area (Å²) in [5, 5.41) is 19.2. The minimum atomic E-state index is -1.06. The molecular weight excluding hydrogens is 266 g/mol. The van der Waals surface area contributed by atoms with Crippen LogP contribution < -0.4 is 11.4 Å². The van der Waals surface area contributed by atoms with Gasteiger partial charge in [0.1, 0.15) is 24.1 Å². The van der Waals surface area contributed by atoms with Crippen molar-refractivity contribution in [3.8, 4) is 0 Å². The molecule has 0 aromatic carbocycles. The number of rotatable bonds is 5. The van der Waals surface area contributed by atoms with Crippen LogP contribution in [0.1, 0.15) is 6.23 Å². The standard InChI is InChI=1S/C12H17N3O5/c1-2-5-19-10-9(17)7(6-16)20-11(10)15-4-3-8(13)14-12(15)18/h2-4,7,9-11,16-17H,1,5-6H2,(H2,13,14,18)/t7-,9-,10?,11-/m1/s1. The Morgan fingerprint density at radius 1 is 1.65 bits per heavy atom. The number of hydrogen-bond donors (Lipinski definition) is 3. The van der Waals surface area contributed by atoms with Gasteiger partial charge in [-0.25, -0.2) is 4.79 Å². The highest BCUT2D eigenvalue weighted by Crippen LogP contribution is 2.30. The number of aliphatic hydroxyl groups is 2. The van der Waals surface area contributed by atoms with Gasteiger partial charge in [-0.3, -0.25) is 4.57 Å². The molecule has 1 unspecified atom stereocenters. The van der Waals surface area contributed by atoms with E-state index < -0.39 is 30.2 Å². The molecule has 8 nitrogen and oxygen atoms in total. The van der Waals surface area contributed by atoms with E-state index in [2.05, 4.69) is 11.6 Å². The predicted octanol–water partition coefficient (Wildman–Crippen LogP) is -1.35. The van der Waals surface area contributed by atoms with Crippen molar-refractivity contribution in [1.82, 2.24) is 9.55 Å². The Balaban J connectivity index is 2.31. The fourth-order valence-electron chi connectivity index (χ4n) is 2.07. The van der Waals surface area contributed by atoms with Gasteiger partial charge in [-0.05, 0) is 6.07 Å². The largest absolute Gasteiger partial charge is 0.394 e. The number of nitrogen functional groups attached to an aromatic ring is 1. The molecule has 20 heavy (non-hydrogen) atoms. The topological polar surface area (TPSA) is 120 Å². The molecule has 1 aliphatic heterocycles. The predicted molar refractivity (Wildman–Crippen MR) is 69.8 cm³/mol. The molecule has 1 aromatic heterocycles. The molecule has 2 heterocycles. The maximum atomic E-state index is 11.8. The van der Waals surface area contributed by atoms with Gasteiger partial charge in [0.25, 0.3) is 0 Å². The van der Waals surface area contributed by atoms with Gasteiger partial charge in [0.2, 0.25) is 0 Å². The number of anilines is 1. The second-order valence-electron chi connectivity index (χ2n) is 4.37. The van der Waals surface area contributed by atoms with E-state index in [4.69, 9.17) is 15.2 Å². The van der Waals surface area contributed by atoms with Crippen LogP contribution in [0.15, 0.2) is 29.7 Å². The van der Waals surface area contributed by atoms with Crippen LogP contribution in [-0.2, 0) is 9.47 Å². The molecule has 8 heteroatoms. The third-order valence-electron chi connectivity index (χ3n) is 3.02. The van der Waals surface area contributed by atoms with Gasteiger partial charge >= 0.3 is 5.69 Å². The molecule has 1 fully saturated rings. The summed E-state index contributed by atoms with van der Waals surface area (Å²) >= 11 is 0. The maximum absolute atomic E-state index is 11.8. The summed E-state index contributed by atoms with van der Waals surface area (Å²) in [5.74, 6) is 0.0899. The minimum absolute atomic E-state index is 0.0899. The first-order valence-corrected chi connectivity index (χ1v) is 6.10. The van der Waals surface area contributed by atoms with Crippen molar-refractivity contribution in [2.75, 3.05) is 18.9 Å². The minimum Gasteiger partial charge on any atom is -0.394 e. The number of nitrogens with zero attached hydrogens (tertiary/aromatic N) is 2. The summed E-state index contributed by atoms with van der Waals surface area (Å²) in [5.41, 5.74) is 4.81. The number of ether oxygens (including phenoxy) is 2. The summed E-state index contributed by atoms with van der Waals surface area (Å²) < 4.78 is 12.1. The van der Waals surface area contributed by atoms with E-state index >= 15 is 0 Å². The van der Waals surface area contributed by atoms with Crippen molar-refractivity contribution in [1.29, 1.82) is 0 Å². The van der Waals surface area contributed by atoms with E-state index in [1.54, 1.807) is 0 Å². The zero-order valence-electron chi connectivity index (χ0n) is 10.8. The van der Waals surface area contributed by atoms with E-state index in [1.165, 1.54) is 22.9 Å². The van der Waals surface area contributed by atoms with Gasteiger partial charge in [-0.2, -0.15) is 4.98 Å². The van der Waals surface area contributed by atoms with Crippen LogP contribution in [0.5, 0.6) is 0 Å². The van der Waals surface area contributed by atoms with Gasteiger partial charge in [0, 0.05) is 6.20 Å². The molecule has 1 aliphatic rings. The van der Waals surface area contributed by atoms with Crippen LogP contribution in [0.25, 0.3) is 0 Å². The SMILES string of the molecule is C=CCOC1[C@H](n2ccc(N)nc2=O)O[C@H](CO)[C@H]1O. The molecule has 0 amide bonds. The van der Waals surface area contributed by atoms with Gasteiger partial charge < -0.3 is 25.4 Å². The third kappa shape index (κ3) is 2.73. The molecular formula is C12H17N3O5. The Labute approximate surface area is 115 Å². The lowest BCUT2D eigenvalue weighted by atomic mass is 10.1. The first kappa shape index (κ1) is 14.7. The van der Waals surface area contributed by atoms with Crippen molar-refractivity contribution in [2.24, 2.45) is 0 Å². The molecule has 1 saturated heterocycles. The number of aromatic nitrogens is 2. The van der Waals surface area contributed by atoms with Gasteiger partial charge in [-0.15, -0.1) is 6.58 Å². The van der Waals surface area contributed by atoms with Crippen LogP contribution in [0.3, 0.4) is 0 Å². The van der Waals surface area contributed by atoms with Crippen molar-refractivity contribution < 1.29 is 19.7 Å². The molecule has 1 aromatic rings. The van der Waals surface area contributed by atoms with Gasteiger partial charge in [-0.1, -0.05) is 6.08 Å². The molecule has 4 N–H and O–H groups in total. The van der Waals surface area contributed by atoms with Crippen molar-refractivity contribution in [3.05, 3.63) is 35.4 Å². The molecule has 110 valence electrons. The zero-order chi connectivity index (χ0) is 14.7. The fourth-order valence-corrected chi connectivity index (χ4v) is 2.07. The molecule has 0 saturated carbocycles. The average Bonchev–Trinajstić information content (AvgIpc) is 2.73. The smallest absolute Gasteiger partial charge is 0.351 e. The Kier molecular flexibility index (Phi) is 4.50. The summed E-state index contributed by atoms with van der Waals surface area (Å²) in [4.78, 5) is 15.4. The molecule has 2 rings (SSSR count). The summed E-state index contributed by atoms with van der Waals surface area (Å²) in [7, 11) is 0. The highest BCUT2D eigenvalue weighted by Gasteiger charge is 2.45. The normalized spacial score (nSPS) is 29.5. The van der Waals surface area contributed by atoms with Crippen molar-refractivity contribution in [2.45, 2.75) is 24.5 Å². The molecule has 0 aliphatic carbocycles. The lowest BCUT2D eigenvalue weighted by Gasteiger charge is -2.21. The summed E-state index contributed by atoms with van der Waals surface area (Å²) in [6.45, 7) is 3.31. The second kappa shape index (κ2) is 6.14. The monoisotopic (exact) mass is 283 g/mol. The van der Waals surface area contributed by atoms with Crippen molar-refractivity contribution >= 4 is 5.82 Å². The first-order valence-electron chi connectivity index (χ1n) is 6.10. The zero-order valence-corrected chi connectivity index (χ0v) is 10.8. The highest BCUT2D eigenvalue weighted by molar-refractivity contribution is 5.23. The molecule has 0 bridgehead atoms. The average molecular weight is 283 g/mol. The number of aliphatic hydroxyl groups excluding tert-OH is 2. The quantitative estimate of drug-likeness (QED) is 0.571. The van der Waals surface area contributed by atoms with E-state index in [1.807, 2.05) is 0 Å². The summed E-state index contributed by atoms with van der Waals surface area (Å²) in [6, 6.07) is 1.44. The Morgan fingerprint density at radius 2 is 2.40 bits per heavy atom. The molecule has 0 radical (unpaired) electrons. The molecule has 4 atom stereocenters. The Bertz CT molecular complexity index is 532. The lowest BCUT2D eigenvalue weighted by molar-refractivity contribution is -0.0685. The first-order chi connectivity index (χ1) is 9.58. The van der Waals surface area contributed by atoms with E-state index in [0.717, 1.165) is 0 Å². The van der Waals surface area contributed by atoms with Crippen LogP contribution in [0, 0.1) is 0 Å². The Morgan fingerprint density at radius 3 is 3.00 bits per heavy atom. The van der Waals surface area contributed by atoms with Crippen LogP contribution in [0.2, 0.25) is 0 Å². The van der Waals surface area contributed by atoms with Crippen LogP contribution in [0.4, 0.5) is 5.82 Å². The molecule has 0 spiro atoms. The van der Waals surface area contributed by atoms with E-state index in [9.17, 15) is 15.0 Å². The number of nitrogens with two attached hydrogens (primary N) is 1. The maximum Gasteiger partial charge on any atom is 0.351 e. The van der Waals surface area contributed by atoms with E-state index in [0.29, 0.717) is 0 Å². The fraction of sp³-hybridized carbons (Fsp3) is 0.500. The van der Waals surface area contributed by atoms with Crippen molar-refractivity contribution in [3.63, 3.8) is 0 Å². The number of hydrogen-bond acceptors (Lipinski definition) is 7. The third-order valence-corrected chi connectivity index (χ3v) is 3.02. The van der Waals surface area contributed by atoms with Gasteiger partial charge in [0.05, 0.1) is 13.2 Å². The van der Waals surface area contributed by atoms with Gasteiger partial charge in [0.15, 0.2) is 6.23 Å². The lowest BCUT2D eigenvalue weighted by Crippen LogP contribution is -2.38. The van der Waals surface area contributed by atoms with Crippen LogP contribution >= 0.6 is 0 Å². The summed E-state index contributed by atoms with van der Waals surface area (Å²) in [6.07, 6.45) is -0.670. The second-order valence-corrected chi connectivity index (χ2v) is 4.37. The van der Waals surface area contributed by atoms with Crippen LogP contribution in [-0.4, -0.2) is 51.3 Å².